The standard InChI is InChI=1S/C120H86N4O2/c1-5-21-85(22-6-1)87-45-59-95(60-46-87)121(101-67-69-105-103-29-13-15-33-109(103)119(113(105)75-101)91-25-9-3-10-26-91)97-63-49-89(50-64-97)93-53-71-117-111(73-93)107-31-17-19-35-115(107)123(117)99-55-41-83(42-56-99)79-125-77-81-37-39-82(40-38-81)78-126-80-84-43-57-100(58-44-84)124-116-36-20-18-32-108(116)112-74-94(54-72-118(112)124)90-51-65-98(66-52-90)122(96-61-47-88(48-62-96)86-23-7-2-8-24-86)102-68-70-106-104-30-14-16-34-110(104)120(114(106)76-102)92-27-11-4-12-28-92/h1-76,119-120H,77-80H2. The molecule has 0 aliphatic heterocycles. The highest BCUT2D eigenvalue weighted by Gasteiger charge is 2.33. The summed E-state index contributed by atoms with van der Waals surface area (Å²) in [5, 5.41) is 4.86. The Labute approximate surface area is 734 Å². The molecule has 6 heteroatoms. The predicted octanol–water partition coefficient (Wildman–Crippen LogP) is 31.2. The fourth-order valence-corrected chi connectivity index (χ4v) is 19.7. The molecule has 0 N–H and O–H groups in total. The number of rotatable bonds is 22. The van der Waals surface area contributed by atoms with E-state index in [-0.39, 0.29) is 11.8 Å². The lowest BCUT2D eigenvalue weighted by atomic mass is 9.89. The van der Waals surface area contributed by atoms with Crippen LogP contribution in [-0.2, 0) is 35.9 Å². The van der Waals surface area contributed by atoms with Gasteiger partial charge < -0.3 is 28.4 Å². The molecule has 0 amide bonds. The van der Waals surface area contributed by atoms with Crippen LogP contribution in [0.3, 0.4) is 0 Å². The molecule has 0 saturated carbocycles. The van der Waals surface area contributed by atoms with E-state index in [9.17, 15) is 0 Å². The van der Waals surface area contributed by atoms with Gasteiger partial charge in [0.1, 0.15) is 0 Å². The first-order valence-corrected chi connectivity index (χ1v) is 43.6. The van der Waals surface area contributed by atoms with Gasteiger partial charge in [-0.2, -0.15) is 0 Å². The lowest BCUT2D eigenvalue weighted by Crippen LogP contribution is -2.11. The van der Waals surface area contributed by atoms with E-state index in [0.717, 1.165) is 89.9 Å². The Morgan fingerprint density at radius 3 is 0.825 bits per heavy atom. The van der Waals surface area contributed by atoms with E-state index >= 15 is 0 Å². The SMILES string of the molecule is c1ccc(-c2ccc(N(c3ccc(-c4ccc5c(c4)c4ccccc4n5-c4ccc(COCc5ccc(COCc6ccc(-n7c8ccccc8c8cc(-c9ccc(N(c%10ccc(-c%11ccccc%11)cc%10)c%10ccc%11c(c%10)C(c%10ccccc%10)c%10ccccc%10-%11)cc9)ccc87)cc6)cc5)cc4)cc3)c3ccc4c(c3)C(c3ccccc3)c3ccccc3-4)cc2)cc1. The average Bonchev–Trinajstić information content (AvgIpc) is 1.60. The van der Waals surface area contributed by atoms with Gasteiger partial charge in [0.25, 0.3) is 0 Å². The van der Waals surface area contributed by atoms with E-state index in [0.29, 0.717) is 26.4 Å². The van der Waals surface area contributed by atoms with Crippen molar-refractivity contribution in [3.63, 3.8) is 0 Å². The summed E-state index contributed by atoms with van der Waals surface area (Å²) in [6.07, 6.45) is 0. The van der Waals surface area contributed by atoms with Gasteiger partial charge in [-0.3, -0.25) is 0 Å². The molecule has 0 bridgehead atoms. The van der Waals surface area contributed by atoms with E-state index in [1.54, 1.807) is 0 Å². The van der Waals surface area contributed by atoms with Crippen LogP contribution in [0.15, 0.2) is 461 Å². The van der Waals surface area contributed by atoms with Gasteiger partial charge in [-0.05, 0) is 256 Å². The summed E-state index contributed by atoms with van der Waals surface area (Å²) in [5.74, 6) is 0.274. The molecule has 0 spiro atoms. The Morgan fingerprint density at radius 1 is 0.190 bits per heavy atom. The summed E-state index contributed by atoms with van der Waals surface area (Å²) in [7, 11) is 0. The third-order valence-electron chi connectivity index (χ3n) is 25.8. The largest absolute Gasteiger partial charge is 0.372 e. The van der Waals surface area contributed by atoms with Crippen molar-refractivity contribution >= 4 is 77.7 Å². The maximum absolute atomic E-state index is 6.38. The molecule has 2 aliphatic rings. The second-order valence-corrected chi connectivity index (χ2v) is 33.3. The number of hydrogen-bond acceptors (Lipinski definition) is 4. The third kappa shape index (κ3) is 14.0. The van der Waals surface area contributed by atoms with Crippen LogP contribution in [0.25, 0.3) is 122 Å². The minimum atomic E-state index is 0.137. The summed E-state index contributed by atoms with van der Waals surface area (Å²) in [4.78, 5) is 4.82. The number of nitrogens with zero attached hydrogens (tertiary/aromatic N) is 4. The van der Waals surface area contributed by atoms with Gasteiger partial charge >= 0.3 is 0 Å². The second kappa shape index (κ2) is 32.6. The smallest absolute Gasteiger partial charge is 0.0721 e. The second-order valence-electron chi connectivity index (χ2n) is 33.3. The number of hydrogen-bond donors (Lipinski definition) is 0. The van der Waals surface area contributed by atoms with Gasteiger partial charge in [-0.1, -0.05) is 328 Å². The molecule has 0 radical (unpaired) electrons. The summed E-state index contributed by atoms with van der Waals surface area (Å²) in [6, 6.07) is 169. The third-order valence-corrected chi connectivity index (χ3v) is 25.8. The predicted molar refractivity (Wildman–Crippen MR) is 522 cm³/mol. The molecule has 2 aromatic heterocycles. The first-order chi connectivity index (χ1) is 62.5. The van der Waals surface area contributed by atoms with Crippen molar-refractivity contribution in [1.29, 1.82) is 0 Å². The Hall–Kier alpha value is -15.7. The first-order valence-electron chi connectivity index (χ1n) is 43.6. The number of benzene rings is 19. The lowest BCUT2D eigenvalue weighted by molar-refractivity contribution is 0.105. The highest BCUT2D eigenvalue weighted by atomic mass is 16.5. The normalized spacial score (nSPS) is 13.1. The van der Waals surface area contributed by atoms with Crippen molar-refractivity contribution < 1.29 is 9.47 Å². The molecule has 0 fully saturated rings. The quantitative estimate of drug-likeness (QED) is 0.0677. The summed E-state index contributed by atoms with van der Waals surface area (Å²) in [6.45, 7) is 2.01. The van der Waals surface area contributed by atoms with E-state index in [1.165, 1.54) is 122 Å². The summed E-state index contributed by atoms with van der Waals surface area (Å²) < 4.78 is 17.5. The highest BCUT2D eigenvalue weighted by Crippen LogP contribution is 2.53. The summed E-state index contributed by atoms with van der Waals surface area (Å²) >= 11 is 0. The van der Waals surface area contributed by atoms with Crippen molar-refractivity contribution in [2.45, 2.75) is 38.3 Å². The molecule has 2 heterocycles. The monoisotopic (exact) mass is 1610 g/mol. The maximum atomic E-state index is 6.38. The minimum absolute atomic E-state index is 0.137. The molecular weight excluding hydrogens is 1530 g/mol. The highest BCUT2D eigenvalue weighted by molar-refractivity contribution is 6.12. The van der Waals surface area contributed by atoms with E-state index in [1.807, 2.05) is 0 Å². The van der Waals surface area contributed by atoms with Gasteiger partial charge in [0, 0.05) is 78.9 Å². The van der Waals surface area contributed by atoms with Crippen molar-refractivity contribution in [3.05, 3.63) is 517 Å². The molecule has 598 valence electrons. The molecule has 6 nitrogen and oxygen atoms in total. The zero-order valence-electron chi connectivity index (χ0n) is 69.5. The van der Waals surface area contributed by atoms with Crippen LogP contribution in [0.1, 0.15) is 67.5 Å². The molecule has 2 atom stereocenters. The molecule has 2 unspecified atom stereocenters. The molecule has 0 saturated heterocycles. The van der Waals surface area contributed by atoms with Crippen LogP contribution in [-0.4, -0.2) is 9.13 Å². The molecule has 23 rings (SSSR count). The van der Waals surface area contributed by atoms with Crippen molar-refractivity contribution in [2.75, 3.05) is 9.80 Å². The van der Waals surface area contributed by atoms with Crippen LogP contribution in [0.5, 0.6) is 0 Å². The number of anilines is 6. The van der Waals surface area contributed by atoms with Gasteiger partial charge in [0.05, 0.1) is 48.5 Å². The van der Waals surface area contributed by atoms with E-state index in [2.05, 4.69) is 480 Å². The molecule has 19 aromatic carbocycles. The zero-order chi connectivity index (χ0) is 83.4. The Morgan fingerprint density at radius 2 is 0.460 bits per heavy atom. The van der Waals surface area contributed by atoms with Crippen LogP contribution < -0.4 is 9.80 Å². The van der Waals surface area contributed by atoms with Crippen LogP contribution in [0, 0.1) is 0 Å². The average molecular weight is 1620 g/mol. The lowest BCUT2D eigenvalue weighted by Gasteiger charge is -2.27. The zero-order valence-corrected chi connectivity index (χ0v) is 69.5. The number of ether oxygens (including phenoxy) is 2. The Kier molecular flexibility index (Phi) is 19.5. The van der Waals surface area contributed by atoms with Gasteiger partial charge in [-0.25, -0.2) is 0 Å². The van der Waals surface area contributed by atoms with E-state index < -0.39 is 0 Å². The number of para-hydroxylation sites is 2. The maximum Gasteiger partial charge on any atom is 0.0721 e. The van der Waals surface area contributed by atoms with Crippen molar-refractivity contribution in [3.8, 4) is 78.1 Å². The fraction of sp³-hybridized carbons (Fsp3) is 0.0500. The molecule has 2 aliphatic carbocycles. The fourth-order valence-electron chi connectivity index (χ4n) is 19.7. The van der Waals surface area contributed by atoms with E-state index in [4.69, 9.17) is 9.47 Å². The number of fused-ring (bicyclic) bond motifs is 12. The Balaban J connectivity index is 0.437. The Bertz CT molecular complexity index is 7120. The molecule has 21 aromatic rings. The topological polar surface area (TPSA) is 34.8 Å². The van der Waals surface area contributed by atoms with Crippen LogP contribution in [0.4, 0.5) is 34.1 Å². The van der Waals surface area contributed by atoms with Gasteiger partial charge in [-0.15, -0.1) is 0 Å². The van der Waals surface area contributed by atoms with Crippen molar-refractivity contribution in [2.24, 2.45) is 0 Å². The molecular formula is C120H86N4O2. The molecule has 126 heavy (non-hydrogen) atoms. The van der Waals surface area contributed by atoms with Gasteiger partial charge in [0.2, 0.25) is 0 Å². The van der Waals surface area contributed by atoms with Crippen molar-refractivity contribution in [1.82, 2.24) is 9.13 Å². The first kappa shape index (κ1) is 75.3. The summed E-state index contributed by atoms with van der Waals surface area (Å²) in [5.41, 5.74) is 40.5. The van der Waals surface area contributed by atoms with Gasteiger partial charge in [0.15, 0.2) is 0 Å². The van der Waals surface area contributed by atoms with Crippen LogP contribution >= 0.6 is 0 Å². The number of aromatic nitrogens is 2. The van der Waals surface area contributed by atoms with Crippen LogP contribution in [0.2, 0.25) is 0 Å². The minimum Gasteiger partial charge on any atom is -0.372 e.